The van der Waals surface area contributed by atoms with Crippen molar-refractivity contribution in [3.63, 3.8) is 0 Å². The van der Waals surface area contributed by atoms with Crippen LogP contribution < -0.4 is 5.73 Å². The molecule has 0 aromatic heterocycles. The van der Waals surface area contributed by atoms with Crippen molar-refractivity contribution in [1.29, 1.82) is 0 Å². The molecule has 1 unspecified atom stereocenters. The summed E-state index contributed by atoms with van der Waals surface area (Å²) in [5.41, 5.74) is 8.17. The molecule has 116 valence electrons. The van der Waals surface area contributed by atoms with Crippen molar-refractivity contribution in [3.8, 4) is 0 Å². The summed E-state index contributed by atoms with van der Waals surface area (Å²) in [6, 6.07) is 8.19. The van der Waals surface area contributed by atoms with E-state index < -0.39 is 0 Å². The Labute approximate surface area is 136 Å². The van der Waals surface area contributed by atoms with E-state index in [1.807, 2.05) is 0 Å². The van der Waals surface area contributed by atoms with Gasteiger partial charge in [-0.15, -0.1) is 0 Å². The van der Waals surface area contributed by atoms with Crippen molar-refractivity contribution >= 4 is 31.0 Å². The molecule has 2 N–H and O–H groups in total. The van der Waals surface area contributed by atoms with Gasteiger partial charge in [0.05, 0.1) is 11.7 Å². The number of thioether (sulfide) groups is 1. The monoisotopic (exact) mass is 314 g/mol. The Bertz CT molecular complexity index is 627. The Kier molecular flexibility index (Phi) is 5.32. The molecule has 0 fully saturated rings. The molecule has 2 rings (SSSR count). The standard InChI is InChI=1S/C17H22N4S/c1-5-17(2,3)12-6-8-13(9-7-12)22-16-15(19-4)14(18)10-20-11-21-16/h6-11,14H,4-5,18H2,1-3H3. The first-order valence-corrected chi connectivity index (χ1v) is 8.10. The number of aliphatic imine (C=N–C) groups is 3. The van der Waals surface area contributed by atoms with Gasteiger partial charge in [0, 0.05) is 11.1 Å². The van der Waals surface area contributed by atoms with Gasteiger partial charge in [0.2, 0.25) is 0 Å². The predicted octanol–water partition coefficient (Wildman–Crippen LogP) is 3.78. The van der Waals surface area contributed by atoms with Gasteiger partial charge in [-0.2, -0.15) is 0 Å². The molecule has 1 aromatic carbocycles. The third-order valence-corrected chi connectivity index (χ3v) is 4.94. The van der Waals surface area contributed by atoms with E-state index in [0.717, 1.165) is 16.3 Å². The average molecular weight is 314 g/mol. The Morgan fingerprint density at radius 2 is 2.00 bits per heavy atom. The lowest BCUT2D eigenvalue weighted by molar-refractivity contribution is 0.506. The van der Waals surface area contributed by atoms with E-state index in [9.17, 15) is 0 Å². The summed E-state index contributed by atoms with van der Waals surface area (Å²) in [7, 11) is 0. The molecule has 0 aliphatic carbocycles. The summed E-state index contributed by atoms with van der Waals surface area (Å²) < 4.78 is 0. The smallest absolute Gasteiger partial charge is 0.126 e. The summed E-state index contributed by atoms with van der Waals surface area (Å²) in [5.74, 6) is 0. The maximum atomic E-state index is 6.00. The van der Waals surface area contributed by atoms with Gasteiger partial charge in [-0.25, -0.2) is 9.98 Å². The van der Waals surface area contributed by atoms with Crippen molar-refractivity contribution in [2.24, 2.45) is 20.7 Å². The Morgan fingerprint density at radius 1 is 1.32 bits per heavy atom. The molecule has 1 aromatic rings. The van der Waals surface area contributed by atoms with Crippen LogP contribution in [0.25, 0.3) is 0 Å². The van der Waals surface area contributed by atoms with E-state index in [4.69, 9.17) is 5.73 Å². The number of rotatable bonds is 5. The van der Waals surface area contributed by atoms with Gasteiger partial charge in [-0.3, -0.25) is 4.99 Å². The minimum absolute atomic E-state index is 0.187. The van der Waals surface area contributed by atoms with E-state index in [-0.39, 0.29) is 11.5 Å². The molecule has 22 heavy (non-hydrogen) atoms. The molecule has 0 amide bonds. The quantitative estimate of drug-likeness (QED) is 0.841. The highest BCUT2D eigenvalue weighted by Gasteiger charge is 2.18. The minimum atomic E-state index is -0.374. The third-order valence-electron chi connectivity index (χ3n) is 3.93. The predicted molar refractivity (Wildman–Crippen MR) is 97.2 cm³/mol. The zero-order chi connectivity index (χ0) is 16.2. The number of nitrogens with two attached hydrogens (primary N) is 1. The molecule has 4 nitrogen and oxygen atoms in total. The molecule has 1 aliphatic rings. The van der Waals surface area contributed by atoms with Gasteiger partial charge >= 0.3 is 0 Å². The van der Waals surface area contributed by atoms with Gasteiger partial charge in [0.1, 0.15) is 11.4 Å². The van der Waals surface area contributed by atoms with Crippen LogP contribution in [-0.4, -0.2) is 25.3 Å². The summed E-state index contributed by atoms with van der Waals surface area (Å²) in [5, 5.41) is 0.738. The fourth-order valence-electron chi connectivity index (χ4n) is 2.04. The van der Waals surface area contributed by atoms with Gasteiger partial charge in [-0.1, -0.05) is 44.7 Å². The minimum Gasteiger partial charge on any atom is -0.318 e. The van der Waals surface area contributed by atoms with Crippen LogP contribution in [0.4, 0.5) is 0 Å². The lowest BCUT2D eigenvalue weighted by Crippen LogP contribution is -2.23. The van der Waals surface area contributed by atoms with Gasteiger partial charge in [-0.05, 0) is 36.2 Å². The van der Waals surface area contributed by atoms with Crippen LogP contribution >= 0.6 is 11.8 Å². The van der Waals surface area contributed by atoms with E-state index in [1.54, 1.807) is 6.21 Å². The highest BCUT2D eigenvalue weighted by Crippen LogP contribution is 2.34. The fourth-order valence-corrected chi connectivity index (χ4v) is 2.94. The van der Waals surface area contributed by atoms with Crippen molar-refractivity contribution in [2.45, 2.75) is 43.5 Å². The summed E-state index contributed by atoms with van der Waals surface area (Å²) in [4.78, 5) is 13.4. The Hall–Kier alpha value is -1.72. The lowest BCUT2D eigenvalue weighted by atomic mass is 9.82. The van der Waals surface area contributed by atoms with Crippen LogP contribution in [0.3, 0.4) is 0 Å². The molecule has 1 aliphatic heterocycles. The van der Waals surface area contributed by atoms with Crippen LogP contribution in [0.2, 0.25) is 0 Å². The second-order valence-electron chi connectivity index (χ2n) is 5.78. The topological polar surface area (TPSA) is 63.1 Å². The van der Waals surface area contributed by atoms with Crippen molar-refractivity contribution in [2.75, 3.05) is 0 Å². The first-order valence-electron chi connectivity index (χ1n) is 7.28. The fraction of sp³-hybridized carbons (Fsp3) is 0.353. The van der Waals surface area contributed by atoms with Crippen molar-refractivity contribution < 1.29 is 0 Å². The molecular formula is C17H22N4S. The maximum Gasteiger partial charge on any atom is 0.126 e. The molecule has 1 atom stereocenters. The van der Waals surface area contributed by atoms with Crippen molar-refractivity contribution in [3.05, 3.63) is 40.6 Å². The summed E-state index contributed by atoms with van der Waals surface area (Å²) in [6.07, 6.45) is 4.22. The second-order valence-corrected chi connectivity index (χ2v) is 6.84. The highest BCUT2D eigenvalue weighted by atomic mass is 32.2. The molecule has 0 saturated carbocycles. The average Bonchev–Trinajstić information content (AvgIpc) is 2.69. The summed E-state index contributed by atoms with van der Waals surface area (Å²) in [6.45, 7) is 10.3. The molecule has 1 heterocycles. The molecule has 5 heteroatoms. The lowest BCUT2D eigenvalue weighted by Gasteiger charge is -2.23. The molecular weight excluding hydrogens is 292 g/mol. The van der Waals surface area contributed by atoms with Gasteiger partial charge in [0.15, 0.2) is 0 Å². The van der Waals surface area contributed by atoms with E-state index >= 15 is 0 Å². The molecule has 0 spiro atoms. The van der Waals surface area contributed by atoms with Gasteiger partial charge < -0.3 is 5.73 Å². The van der Waals surface area contributed by atoms with Crippen LogP contribution in [0.5, 0.6) is 0 Å². The first-order chi connectivity index (χ1) is 10.5. The Morgan fingerprint density at radius 3 is 2.59 bits per heavy atom. The molecule has 0 saturated heterocycles. The van der Waals surface area contributed by atoms with Gasteiger partial charge in [0.25, 0.3) is 0 Å². The van der Waals surface area contributed by atoms with E-state index in [0.29, 0.717) is 5.70 Å². The third kappa shape index (κ3) is 3.72. The highest BCUT2D eigenvalue weighted by molar-refractivity contribution is 8.03. The van der Waals surface area contributed by atoms with E-state index in [1.165, 1.54) is 23.7 Å². The van der Waals surface area contributed by atoms with Crippen molar-refractivity contribution in [1.82, 2.24) is 0 Å². The van der Waals surface area contributed by atoms with Crippen LogP contribution in [-0.2, 0) is 5.41 Å². The van der Waals surface area contributed by atoms with Crippen LogP contribution in [0, 0.1) is 0 Å². The number of benzene rings is 1. The SMILES string of the molecule is C=NC1=C(Sc2ccc(C(C)(C)CC)cc2)N=CN=CC1N. The maximum absolute atomic E-state index is 6.00. The zero-order valence-corrected chi connectivity index (χ0v) is 14.1. The normalized spacial score (nSPS) is 18.5. The number of hydrogen-bond acceptors (Lipinski definition) is 5. The number of nitrogens with zero attached hydrogens (tertiary/aromatic N) is 3. The Balaban J connectivity index is 2.25. The number of hydrogen-bond donors (Lipinski definition) is 1. The first kappa shape index (κ1) is 16.6. The zero-order valence-electron chi connectivity index (χ0n) is 13.3. The largest absolute Gasteiger partial charge is 0.318 e. The van der Waals surface area contributed by atoms with E-state index in [2.05, 4.69) is 66.7 Å². The molecule has 0 bridgehead atoms. The second kappa shape index (κ2) is 7.03. The summed E-state index contributed by atoms with van der Waals surface area (Å²) >= 11 is 1.53. The molecule has 0 radical (unpaired) electrons. The van der Waals surface area contributed by atoms with Crippen LogP contribution in [0.1, 0.15) is 32.8 Å². The van der Waals surface area contributed by atoms with Crippen LogP contribution in [0.15, 0.2) is 54.9 Å².